The summed E-state index contributed by atoms with van der Waals surface area (Å²) in [6.07, 6.45) is 0. The fourth-order valence-electron chi connectivity index (χ4n) is 1.92. The van der Waals surface area contributed by atoms with Crippen molar-refractivity contribution in [2.75, 3.05) is 0 Å². The molecule has 1 aromatic carbocycles. The Bertz CT molecular complexity index is 675. The topological polar surface area (TPSA) is 53.2 Å². The lowest BCUT2D eigenvalue weighted by Gasteiger charge is -2.17. The zero-order valence-electron chi connectivity index (χ0n) is 10.5. The second kappa shape index (κ2) is 4.63. The molecule has 0 radical (unpaired) electrons. The third-order valence-corrected chi connectivity index (χ3v) is 5.81. The van der Waals surface area contributed by atoms with Crippen LogP contribution < -0.4 is 4.80 Å². The predicted molar refractivity (Wildman–Crippen MR) is 77.3 cm³/mol. The van der Waals surface area contributed by atoms with Gasteiger partial charge in [-0.2, -0.15) is 0 Å². The van der Waals surface area contributed by atoms with E-state index in [1.54, 1.807) is 12.1 Å². The Labute approximate surface area is 123 Å². The van der Waals surface area contributed by atoms with Crippen LogP contribution in [0.15, 0.2) is 34.4 Å². The minimum Gasteiger partial charge on any atom is -0.609 e. The first-order valence-corrected chi connectivity index (χ1v) is 8.06. The van der Waals surface area contributed by atoms with Gasteiger partial charge in [-0.25, -0.2) is 4.99 Å². The minimum atomic E-state index is -1.07. The van der Waals surface area contributed by atoms with E-state index in [-0.39, 0.29) is 4.75 Å². The molecule has 1 aromatic heterocycles. The van der Waals surface area contributed by atoms with E-state index in [0.29, 0.717) is 16.7 Å². The smallest absolute Gasteiger partial charge is 0.337 e. The van der Waals surface area contributed by atoms with Gasteiger partial charge in [0, 0.05) is 27.7 Å². The van der Waals surface area contributed by atoms with E-state index >= 15 is 0 Å². The van der Waals surface area contributed by atoms with Crippen molar-refractivity contribution in [2.24, 2.45) is 4.99 Å². The molecule has 0 saturated carbocycles. The molecule has 4 nitrogen and oxygen atoms in total. The molecule has 2 heterocycles. The second-order valence-electron chi connectivity index (χ2n) is 4.95. The quantitative estimate of drug-likeness (QED) is 0.760. The molecule has 1 aliphatic heterocycles. The van der Waals surface area contributed by atoms with E-state index in [4.69, 9.17) is 11.6 Å². The standard InChI is InChI=1S/C12H12ClN3OS2/c1-12(2)7-16-10(18-15-11(16)19(12)17)14-9-5-3-8(13)4-6-9/h3-6H,7H2,1-2H3. The number of benzene rings is 1. The Kier molecular flexibility index (Phi) is 3.21. The lowest BCUT2D eigenvalue weighted by molar-refractivity contribution is 0.529. The lowest BCUT2D eigenvalue weighted by atomic mass is 10.2. The average molecular weight is 314 g/mol. The van der Waals surface area contributed by atoms with Gasteiger partial charge in [0.1, 0.15) is 4.75 Å². The van der Waals surface area contributed by atoms with Gasteiger partial charge in [0.05, 0.1) is 12.2 Å². The number of hydrogen-bond donors (Lipinski definition) is 0. The summed E-state index contributed by atoms with van der Waals surface area (Å²) in [6, 6.07) is 7.31. The van der Waals surface area contributed by atoms with Crippen LogP contribution in [0, 0.1) is 0 Å². The normalized spacial score (nSPS) is 21.7. The second-order valence-corrected chi connectivity index (χ2v) is 8.13. The van der Waals surface area contributed by atoms with E-state index in [1.807, 2.05) is 30.5 Å². The maximum absolute atomic E-state index is 12.2. The maximum atomic E-state index is 12.2. The summed E-state index contributed by atoms with van der Waals surface area (Å²) in [5.41, 5.74) is 0.818. The largest absolute Gasteiger partial charge is 0.609 e. The van der Waals surface area contributed by atoms with Crippen molar-refractivity contribution in [1.29, 1.82) is 0 Å². The monoisotopic (exact) mass is 313 g/mol. The molecule has 0 fully saturated rings. The summed E-state index contributed by atoms with van der Waals surface area (Å²) < 4.78 is 18.1. The summed E-state index contributed by atoms with van der Waals surface area (Å²) in [4.78, 5) is 5.31. The summed E-state index contributed by atoms with van der Waals surface area (Å²) in [5, 5.41) is 1.31. The molecule has 7 heteroatoms. The first-order chi connectivity index (χ1) is 8.97. The van der Waals surface area contributed by atoms with Crippen molar-refractivity contribution in [3.63, 3.8) is 0 Å². The van der Waals surface area contributed by atoms with E-state index in [0.717, 1.165) is 10.5 Å². The van der Waals surface area contributed by atoms with Gasteiger partial charge in [0.2, 0.25) is 4.80 Å². The van der Waals surface area contributed by atoms with Crippen LogP contribution in [-0.4, -0.2) is 18.2 Å². The molecular weight excluding hydrogens is 302 g/mol. The van der Waals surface area contributed by atoms with Crippen molar-refractivity contribution in [3.8, 4) is 0 Å². The molecule has 0 spiro atoms. The SMILES string of the molecule is CC1(C)Cn2c(nsc2=Nc2ccc(Cl)cc2)[S+]1[O-]. The molecule has 1 atom stereocenters. The zero-order chi connectivity index (χ0) is 13.6. The molecule has 0 saturated heterocycles. The highest BCUT2D eigenvalue weighted by atomic mass is 35.5. The molecule has 0 bridgehead atoms. The Morgan fingerprint density at radius 2 is 2.11 bits per heavy atom. The molecule has 3 rings (SSSR count). The van der Waals surface area contributed by atoms with E-state index < -0.39 is 11.2 Å². The number of rotatable bonds is 1. The number of halogens is 1. The molecule has 19 heavy (non-hydrogen) atoms. The highest BCUT2D eigenvalue weighted by Crippen LogP contribution is 2.32. The maximum Gasteiger partial charge on any atom is 0.337 e. The van der Waals surface area contributed by atoms with Crippen LogP contribution in [0.4, 0.5) is 5.69 Å². The third-order valence-electron chi connectivity index (χ3n) is 2.93. The van der Waals surface area contributed by atoms with Crippen molar-refractivity contribution >= 4 is 40.0 Å². The van der Waals surface area contributed by atoms with Crippen LogP contribution in [0.5, 0.6) is 0 Å². The van der Waals surface area contributed by atoms with Crippen LogP contribution in [0.3, 0.4) is 0 Å². The summed E-state index contributed by atoms with van der Waals surface area (Å²) in [6.45, 7) is 4.64. The highest BCUT2D eigenvalue weighted by molar-refractivity contribution is 7.92. The van der Waals surface area contributed by atoms with Gasteiger partial charge in [-0.3, -0.25) is 4.57 Å². The minimum absolute atomic E-state index is 0.277. The summed E-state index contributed by atoms with van der Waals surface area (Å²) in [7, 11) is 0. The van der Waals surface area contributed by atoms with Gasteiger partial charge >= 0.3 is 5.16 Å². The Morgan fingerprint density at radius 3 is 2.79 bits per heavy atom. The molecule has 1 unspecified atom stereocenters. The molecule has 1 aliphatic rings. The number of nitrogens with zero attached hydrogens (tertiary/aromatic N) is 3. The average Bonchev–Trinajstić information content (AvgIpc) is 2.83. The van der Waals surface area contributed by atoms with Crippen LogP contribution in [0.25, 0.3) is 0 Å². The van der Waals surface area contributed by atoms with Crippen molar-refractivity contribution in [1.82, 2.24) is 8.94 Å². The number of fused-ring (bicyclic) bond motifs is 1. The van der Waals surface area contributed by atoms with Gasteiger partial charge in [-0.05, 0) is 38.1 Å². The van der Waals surface area contributed by atoms with Crippen molar-refractivity contribution in [3.05, 3.63) is 34.1 Å². The van der Waals surface area contributed by atoms with Gasteiger partial charge < -0.3 is 4.55 Å². The first kappa shape index (κ1) is 13.2. The molecule has 0 aliphatic carbocycles. The summed E-state index contributed by atoms with van der Waals surface area (Å²) >= 11 is 6.05. The summed E-state index contributed by atoms with van der Waals surface area (Å²) in [5.74, 6) is 0. The van der Waals surface area contributed by atoms with E-state index in [1.165, 1.54) is 11.5 Å². The molecule has 0 N–H and O–H groups in total. The van der Waals surface area contributed by atoms with Gasteiger partial charge in [-0.1, -0.05) is 11.6 Å². The molecule has 2 aromatic rings. The third kappa shape index (κ3) is 2.33. The number of hydrogen-bond acceptors (Lipinski definition) is 4. The van der Waals surface area contributed by atoms with E-state index in [9.17, 15) is 4.55 Å². The van der Waals surface area contributed by atoms with Gasteiger partial charge in [0.25, 0.3) is 0 Å². The molecule has 0 amide bonds. The Balaban J connectivity index is 2.05. The fraction of sp³-hybridized carbons (Fsp3) is 0.333. The molecular formula is C12H12ClN3OS2. The fourth-order valence-corrected chi connectivity index (χ4v) is 4.24. The van der Waals surface area contributed by atoms with Crippen LogP contribution in [0.2, 0.25) is 5.02 Å². The Hall–Kier alpha value is -0.820. The zero-order valence-corrected chi connectivity index (χ0v) is 12.8. The molecule has 100 valence electrons. The number of aromatic nitrogens is 2. The van der Waals surface area contributed by atoms with Crippen molar-refractivity contribution < 1.29 is 4.55 Å². The van der Waals surface area contributed by atoms with Crippen LogP contribution >= 0.6 is 23.1 Å². The van der Waals surface area contributed by atoms with Gasteiger partial charge in [0.15, 0.2) is 0 Å². The predicted octanol–water partition coefficient (Wildman–Crippen LogP) is 2.73. The van der Waals surface area contributed by atoms with Crippen LogP contribution in [-0.2, 0) is 17.7 Å². The van der Waals surface area contributed by atoms with Crippen LogP contribution in [0.1, 0.15) is 13.8 Å². The highest BCUT2D eigenvalue weighted by Gasteiger charge is 2.45. The van der Waals surface area contributed by atoms with Gasteiger partial charge in [-0.15, -0.1) is 4.37 Å². The Morgan fingerprint density at radius 1 is 1.42 bits per heavy atom. The van der Waals surface area contributed by atoms with E-state index in [2.05, 4.69) is 9.37 Å². The van der Waals surface area contributed by atoms with Crippen molar-refractivity contribution in [2.45, 2.75) is 30.3 Å². The first-order valence-electron chi connectivity index (χ1n) is 5.76. The lowest BCUT2D eigenvalue weighted by Crippen LogP contribution is -2.30.